The van der Waals surface area contributed by atoms with Crippen molar-refractivity contribution in [3.8, 4) is 11.4 Å². The fourth-order valence-electron chi connectivity index (χ4n) is 3.00. The van der Waals surface area contributed by atoms with Crippen molar-refractivity contribution in [1.82, 2.24) is 4.57 Å². The lowest BCUT2D eigenvalue weighted by Gasteiger charge is -2.10. The van der Waals surface area contributed by atoms with Crippen LogP contribution in [0, 0.1) is 29.8 Å². The maximum Gasteiger partial charge on any atom is 0.271 e. The fraction of sp³-hybridized carbons (Fsp3) is 0.150. The van der Waals surface area contributed by atoms with Gasteiger partial charge in [0.05, 0.1) is 10.6 Å². The smallest absolute Gasteiger partial charge is 0.271 e. The van der Waals surface area contributed by atoms with Gasteiger partial charge in [-0.25, -0.2) is 4.39 Å². The van der Waals surface area contributed by atoms with Gasteiger partial charge in [-0.05, 0) is 44.2 Å². The zero-order valence-corrected chi connectivity index (χ0v) is 16.7. The molecule has 0 fully saturated rings. The summed E-state index contributed by atoms with van der Waals surface area (Å²) in [6.45, 7) is 3.23. The van der Waals surface area contributed by atoms with E-state index >= 15 is 0 Å². The first-order chi connectivity index (χ1) is 13.3. The molecule has 144 valence electrons. The number of ketones is 1. The summed E-state index contributed by atoms with van der Waals surface area (Å²) in [4.78, 5) is 23.2. The van der Waals surface area contributed by atoms with Crippen molar-refractivity contribution < 1.29 is 18.8 Å². The Morgan fingerprint density at radius 2 is 1.96 bits per heavy atom. The van der Waals surface area contributed by atoms with Crippen molar-refractivity contribution in [3.05, 3.63) is 85.9 Å². The van der Waals surface area contributed by atoms with Crippen LogP contribution < -0.4 is 4.74 Å². The molecule has 0 saturated carbocycles. The predicted molar refractivity (Wildman–Crippen MR) is 106 cm³/mol. The second-order valence-corrected chi connectivity index (χ2v) is 7.10. The summed E-state index contributed by atoms with van der Waals surface area (Å²) in [5.41, 5.74) is 2.34. The number of rotatable bonds is 6. The standard InChI is InChI=1S/C20H16BrFN2O4/c1-12-8-17(19(25)11-28-20-7-6-14(21)9-18(20)22)13(2)23(12)15-4-3-5-16(10-15)24(26)27/h3-10H,11H2,1-2H3. The Balaban J connectivity index is 1.86. The summed E-state index contributed by atoms with van der Waals surface area (Å²) in [6, 6.07) is 12.2. The number of carbonyl (C=O) groups excluding carboxylic acids is 1. The van der Waals surface area contributed by atoms with E-state index in [4.69, 9.17) is 4.74 Å². The summed E-state index contributed by atoms with van der Waals surface area (Å²) in [6.07, 6.45) is 0. The van der Waals surface area contributed by atoms with Gasteiger partial charge in [0, 0.05) is 33.6 Å². The molecule has 0 aliphatic carbocycles. The molecule has 3 aromatic rings. The van der Waals surface area contributed by atoms with Crippen molar-refractivity contribution >= 4 is 27.4 Å². The lowest BCUT2D eigenvalue weighted by molar-refractivity contribution is -0.384. The number of nitrogens with zero attached hydrogens (tertiary/aromatic N) is 2. The number of benzene rings is 2. The molecular weight excluding hydrogens is 431 g/mol. The minimum Gasteiger partial charge on any atom is -0.482 e. The molecule has 28 heavy (non-hydrogen) atoms. The molecule has 3 rings (SSSR count). The van der Waals surface area contributed by atoms with Crippen LogP contribution in [-0.4, -0.2) is 21.9 Å². The Labute approximate surface area is 168 Å². The van der Waals surface area contributed by atoms with E-state index in [-0.39, 0.29) is 23.8 Å². The molecule has 0 radical (unpaired) electrons. The molecule has 0 N–H and O–H groups in total. The Kier molecular flexibility index (Phi) is 5.60. The van der Waals surface area contributed by atoms with Crippen LogP contribution in [0.4, 0.5) is 10.1 Å². The van der Waals surface area contributed by atoms with E-state index in [1.54, 1.807) is 42.7 Å². The SMILES string of the molecule is Cc1cc(C(=O)COc2ccc(Br)cc2F)c(C)n1-c1cccc([N+](=O)[O-])c1. The molecule has 0 aliphatic rings. The Bertz CT molecular complexity index is 1080. The molecule has 0 bridgehead atoms. The van der Waals surface area contributed by atoms with Crippen LogP contribution >= 0.6 is 15.9 Å². The Morgan fingerprint density at radius 3 is 2.64 bits per heavy atom. The number of non-ortho nitro benzene ring substituents is 1. The fourth-order valence-corrected chi connectivity index (χ4v) is 3.33. The van der Waals surface area contributed by atoms with E-state index in [1.165, 1.54) is 24.3 Å². The number of carbonyl (C=O) groups is 1. The quantitative estimate of drug-likeness (QED) is 0.297. The first kappa shape index (κ1) is 19.8. The van der Waals surface area contributed by atoms with Crippen LogP contribution in [0.3, 0.4) is 0 Å². The number of hydrogen-bond donors (Lipinski definition) is 0. The van der Waals surface area contributed by atoms with E-state index in [9.17, 15) is 19.3 Å². The lowest BCUT2D eigenvalue weighted by Crippen LogP contribution is -2.13. The topological polar surface area (TPSA) is 74.4 Å². The number of Topliss-reactive ketones (excluding diaryl/α,β-unsaturated/α-hetero) is 1. The third kappa shape index (κ3) is 3.96. The van der Waals surface area contributed by atoms with Crippen LogP contribution in [0.2, 0.25) is 0 Å². The van der Waals surface area contributed by atoms with Crippen LogP contribution in [0.5, 0.6) is 5.75 Å². The van der Waals surface area contributed by atoms with Crippen molar-refractivity contribution in [1.29, 1.82) is 0 Å². The first-order valence-electron chi connectivity index (χ1n) is 8.32. The molecule has 0 spiro atoms. The third-order valence-electron chi connectivity index (χ3n) is 4.28. The van der Waals surface area contributed by atoms with Crippen LogP contribution in [0.25, 0.3) is 5.69 Å². The molecule has 8 heteroatoms. The monoisotopic (exact) mass is 446 g/mol. The molecule has 0 amide bonds. The molecule has 0 atom stereocenters. The summed E-state index contributed by atoms with van der Waals surface area (Å²) < 4.78 is 21.5. The van der Waals surface area contributed by atoms with Gasteiger partial charge in [-0.1, -0.05) is 22.0 Å². The average Bonchev–Trinajstić information content (AvgIpc) is 2.95. The van der Waals surface area contributed by atoms with Gasteiger partial charge in [-0.2, -0.15) is 0 Å². The van der Waals surface area contributed by atoms with E-state index in [0.29, 0.717) is 21.4 Å². The first-order valence-corrected chi connectivity index (χ1v) is 9.12. The highest BCUT2D eigenvalue weighted by atomic mass is 79.9. The minimum absolute atomic E-state index is 0.0101. The van der Waals surface area contributed by atoms with Crippen LogP contribution in [0.15, 0.2) is 53.0 Å². The largest absolute Gasteiger partial charge is 0.482 e. The molecule has 6 nitrogen and oxygen atoms in total. The zero-order valence-electron chi connectivity index (χ0n) is 15.1. The highest BCUT2D eigenvalue weighted by molar-refractivity contribution is 9.10. The van der Waals surface area contributed by atoms with Gasteiger partial charge in [0.15, 0.2) is 18.2 Å². The maximum atomic E-state index is 13.8. The van der Waals surface area contributed by atoms with Crippen molar-refractivity contribution in [2.75, 3.05) is 6.61 Å². The predicted octanol–water partition coefficient (Wildman–Crippen LogP) is 5.17. The lowest BCUT2D eigenvalue weighted by atomic mass is 10.1. The van der Waals surface area contributed by atoms with Gasteiger partial charge in [0.2, 0.25) is 5.78 Å². The van der Waals surface area contributed by atoms with E-state index in [1.807, 2.05) is 0 Å². The van der Waals surface area contributed by atoms with E-state index in [0.717, 1.165) is 5.69 Å². The van der Waals surface area contributed by atoms with Gasteiger partial charge < -0.3 is 9.30 Å². The van der Waals surface area contributed by atoms with Gasteiger partial charge in [0.25, 0.3) is 5.69 Å². The second-order valence-electron chi connectivity index (χ2n) is 6.18. The molecule has 0 aliphatic heterocycles. The molecule has 1 aromatic heterocycles. The number of aryl methyl sites for hydroxylation is 1. The van der Waals surface area contributed by atoms with Gasteiger partial charge in [-0.3, -0.25) is 14.9 Å². The van der Waals surface area contributed by atoms with Gasteiger partial charge in [-0.15, -0.1) is 0 Å². The Hall–Kier alpha value is -3.00. The average molecular weight is 447 g/mol. The summed E-state index contributed by atoms with van der Waals surface area (Å²) in [7, 11) is 0. The summed E-state index contributed by atoms with van der Waals surface area (Å²) in [5.74, 6) is -0.889. The maximum absolute atomic E-state index is 13.8. The van der Waals surface area contributed by atoms with E-state index < -0.39 is 10.7 Å². The highest BCUT2D eigenvalue weighted by Gasteiger charge is 2.19. The van der Waals surface area contributed by atoms with Gasteiger partial charge in [0.1, 0.15) is 0 Å². The molecule has 0 saturated heterocycles. The normalized spacial score (nSPS) is 10.7. The number of hydrogen-bond acceptors (Lipinski definition) is 4. The van der Waals surface area contributed by atoms with Crippen molar-refractivity contribution in [2.45, 2.75) is 13.8 Å². The zero-order chi connectivity index (χ0) is 20.4. The Morgan fingerprint density at radius 1 is 1.21 bits per heavy atom. The van der Waals surface area contributed by atoms with Gasteiger partial charge >= 0.3 is 0 Å². The number of halogens is 2. The van der Waals surface area contributed by atoms with E-state index in [2.05, 4.69) is 15.9 Å². The third-order valence-corrected chi connectivity index (χ3v) is 4.78. The minimum atomic E-state index is -0.566. The van der Waals surface area contributed by atoms with Crippen molar-refractivity contribution in [2.24, 2.45) is 0 Å². The number of nitro benzene ring substituents is 1. The molecular formula is C20H16BrFN2O4. The van der Waals surface area contributed by atoms with Crippen LogP contribution in [0.1, 0.15) is 21.7 Å². The molecule has 0 unspecified atom stereocenters. The summed E-state index contributed by atoms with van der Waals surface area (Å²) in [5, 5.41) is 11.0. The highest BCUT2D eigenvalue weighted by Crippen LogP contribution is 2.25. The van der Waals surface area contributed by atoms with Crippen molar-refractivity contribution in [3.63, 3.8) is 0 Å². The molecule has 1 heterocycles. The molecule has 2 aromatic carbocycles. The number of aromatic nitrogens is 1. The number of ether oxygens (including phenoxy) is 1. The second kappa shape index (κ2) is 7.93. The van der Waals surface area contributed by atoms with Crippen LogP contribution in [-0.2, 0) is 0 Å². The summed E-state index contributed by atoms with van der Waals surface area (Å²) >= 11 is 3.16. The number of nitro groups is 1.